The number of carbonyl (C=O) groups excluding carboxylic acids is 2. The number of cyclic esters (lactones) is 1. The number of fused-ring (bicyclic) bond motifs is 3. The van der Waals surface area contributed by atoms with E-state index in [-0.39, 0.29) is 25.4 Å². The quantitative estimate of drug-likeness (QED) is 0.174. The molecule has 48 heavy (non-hydrogen) atoms. The van der Waals surface area contributed by atoms with Gasteiger partial charge in [0.25, 0.3) is 0 Å². The van der Waals surface area contributed by atoms with Crippen LogP contribution < -0.4 is 5.73 Å². The Kier molecular flexibility index (Phi) is 13.7. The SMILES string of the molecule is COC(=O)[C@H]1[C@@H]2C[C@@H](O[C@H]3O[C@@H](C)[C@H](O)[C@@H](N)[C@@H]3O)/C=C/C=C/C=C/C=C/C[C@@H](C)OC(=O)/C=C/[C@H]3O[C@@H]3C[C@H](O)C[C@](O)(C[C@@H]1O)O2. The van der Waals surface area contributed by atoms with Crippen LogP contribution in [-0.2, 0) is 38.0 Å². The van der Waals surface area contributed by atoms with E-state index >= 15 is 0 Å². The third kappa shape index (κ3) is 10.6. The minimum atomic E-state index is -2.05. The van der Waals surface area contributed by atoms with Crippen molar-refractivity contribution in [3.8, 4) is 0 Å². The first-order valence-corrected chi connectivity index (χ1v) is 16.3. The molecule has 0 spiro atoms. The van der Waals surface area contributed by atoms with Gasteiger partial charge in [-0.25, -0.2) is 4.79 Å². The van der Waals surface area contributed by atoms with Crippen molar-refractivity contribution in [1.29, 1.82) is 0 Å². The van der Waals surface area contributed by atoms with Gasteiger partial charge in [0.1, 0.15) is 24.2 Å². The largest absolute Gasteiger partial charge is 0.469 e. The molecule has 14 atom stereocenters. The molecule has 0 unspecified atom stereocenters. The predicted octanol–water partition coefficient (Wildman–Crippen LogP) is 0.208. The first kappa shape index (κ1) is 38.0. The van der Waals surface area contributed by atoms with Gasteiger partial charge in [-0.1, -0.05) is 48.6 Å². The van der Waals surface area contributed by atoms with Gasteiger partial charge >= 0.3 is 11.9 Å². The Morgan fingerprint density at radius 2 is 1.65 bits per heavy atom. The topological polar surface area (TPSA) is 220 Å². The van der Waals surface area contributed by atoms with Crippen LogP contribution in [0.4, 0.5) is 0 Å². The van der Waals surface area contributed by atoms with Crippen molar-refractivity contribution in [2.24, 2.45) is 11.7 Å². The van der Waals surface area contributed by atoms with Crippen molar-refractivity contribution in [1.82, 2.24) is 0 Å². The van der Waals surface area contributed by atoms with E-state index in [0.29, 0.717) is 6.42 Å². The molecular weight excluding hydrogens is 630 g/mol. The number of rotatable bonds is 3. The zero-order chi connectivity index (χ0) is 35.0. The summed E-state index contributed by atoms with van der Waals surface area (Å²) in [6.45, 7) is 3.37. The number of hydrogen-bond acceptors (Lipinski definition) is 14. The molecule has 2 bridgehead atoms. The van der Waals surface area contributed by atoms with Crippen LogP contribution in [0, 0.1) is 5.92 Å². The van der Waals surface area contributed by atoms with Crippen LogP contribution in [0.2, 0.25) is 0 Å². The molecule has 0 amide bonds. The van der Waals surface area contributed by atoms with Gasteiger partial charge in [0.15, 0.2) is 12.1 Å². The highest BCUT2D eigenvalue weighted by atomic mass is 16.7. The van der Waals surface area contributed by atoms with E-state index in [0.717, 1.165) is 0 Å². The number of esters is 2. The third-order valence-electron chi connectivity index (χ3n) is 8.76. The van der Waals surface area contributed by atoms with E-state index in [1.165, 1.54) is 13.2 Å². The standard InChI is InChI=1S/C34H49NO13/c1-19-11-9-7-5-4-6-8-10-12-22(46-33-31(40)29(35)30(39)20(2)45-33)16-26-28(32(41)43-3)23(37)18-34(42,48-26)17-21(36)15-25-24(47-25)13-14-27(38)44-19/h4-10,12-14,19-26,28-31,33,36-37,39-40,42H,11,15-18,35H2,1-3H3/b5-4+,8-6+,9-7+,12-10+,14-13+/t19-,20+,21+,22+,23+,24-,25-,26+,28-,29-,30+,31+,33-,34-/m1/s1. The summed E-state index contributed by atoms with van der Waals surface area (Å²) in [5, 5.41) is 54.4. The number of methoxy groups -OCH3 is 1. The fourth-order valence-electron chi connectivity index (χ4n) is 6.13. The molecule has 268 valence electrons. The Morgan fingerprint density at radius 3 is 2.38 bits per heavy atom. The van der Waals surface area contributed by atoms with Crippen LogP contribution in [0.3, 0.4) is 0 Å². The highest BCUT2D eigenvalue weighted by Gasteiger charge is 2.51. The summed E-state index contributed by atoms with van der Waals surface area (Å²) in [5.41, 5.74) is 6.01. The van der Waals surface area contributed by atoms with Gasteiger partial charge in [-0.15, -0.1) is 0 Å². The van der Waals surface area contributed by atoms with Gasteiger partial charge in [-0.3, -0.25) is 4.79 Å². The summed E-state index contributed by atoms with van der Waals surface area (Å²) < 4.78 is 33.8. The second-order valence-electron chi connectivity index (χ2n) is 12.8. The molecule has 14 heteroatoms. The maximum absolute atomic E-state index is 12.9. The van der Waals surface area contributed by atoms with Crippen LogP contribution in [0.15, 0.2) is 60.8 Å². The Labute approximate surface area is 280 Å². The monoisotopic (exact) mass is 679 g/mol. The first-order valence-electron chi connectivity index (χ1n) is 16.3. The normalized spacial score (nSPS) is 46.4. The van der Waals surface area contributed by atoms with Crippen molar-refractivity contribution >= 4 is 11.9 Å². The second-order valence-corrected chi connectivity index (χ2v) is 12.8. The Morgan fingerprint density at radius 1 is 0.938 bits per heavy atom. The summed E-state index contributed by atoms with van der Waals surface area (Å²) in [7, 11) is 1.17. The van der Waals surface area contributed by atoms with Gasteiger partial charge in [-0.05, 0) is 19.9 Å². The second kappa shape index (κ2) is 17.3. The van der Waals surface area contributed by atoms with Gasteiger partial charge < -0.3 is 59.7 Å². The molecule has 4 aliphatic rings. The van der Waals surface area contributed by atoms with Crippen molar-refractivity contribution in [2.75, 3.05) is 7.11 Å². The van der Waals surface area contributed by atoms with Gasteiger partial charge in [0.05, 0.1) is 55.9 Å². The third-order valence-corrected chi connectivity index (χ3v) is 8.76. The number of aliphatic hydroxyl groups excluding tert-OH is 4. The van der Waals surface area contributed by atoms with E-state index in [1.807, 2.05) is 12.2 Å². The molecule has 7 N–H and O–H groups in total. The van der Waals surface area contributed by atoms with E-state index in [1.54, 1.807) is 56.4 Å². The maximum Gasteiger partial charge on any atom is 0.330 e. The smallest absolute Gasteiger partial charge is 0.330 e. The Hall–Kier alpha value is -2.76. The lowest BCUT2D eigenvalue weighted by Gasteiger charge is -2.45. The molecule has 14 nitrogen and oxygen atoms in total. The van der Waals surface area contributed by atoms with Crippen molar-refractivity contribution in [2.45, 2.75) is 125 Å². The average Bonchev–Trinajstić information content (AvgIpc) is 3.76. The molecule has 0 radical (unpaired) electrons. The number of aliphatic hydroxyl groups is 5. The molecule has 4 heterocycles. The maximum atomic E-state index is 12.9. The fourth-order valence-corrected chi connectivity index (χ4v) is 6.13. The summed E-state index contributed by atoms with van der Waals surface area (Å²) in [6, 6.07) is -1.06. The number of ether oxygens (including phenoxy) is 6. The molecule has 4 rings (SSSR count). The van der Waals surface area contributed by atoms with Gasteiger partial charge in [0, 0.05) is 38.2 Å². The number of carbonyl (C=O) groups is 2. The summed E-state index contributed by atoms with van der Waals surface area (Å²) >= 11 is 0. The molecule has 0 aromatic carbocycles. The van der Waals surface area contributed by atoms with Crippen LogP contribution in [0.1, 0.15) is 46.0 Å². The number of allylic oxidation sites excluding steroid dienone is 6. The van der Waals surface area contributed by atoms with Crippen LogP contribution in [0.5, 0.6) is 0 Å². The fraction of sp³-hybridized carbons (Fsp3) is 0.647. The zero-order valence-electron chi connectivity index (χ0n) is 27.4. The lowest BCUT2D eigenvalue weighted by Crippen LogP contribution is -2.61. The molecule has 0 saturated carbocycles. The van der Waals surface area contributed by atoms with Crippen LogP contribution in [0.25, 0.3) is 0 Å². The summed E-state index contributed by atoms with van der Waals surface area (Å²) in [4.78, 5) is 25.0. The van der Waals surface area contributed by atoms with E-state index in [9.17, 15) is 35.1 Å². The van der Waals surface area contributed by atoms with E-state index in [2.05, 4.69) is 0 Å². The minimum Gasteiger partial charge on any atom is -0.469 e. The average molecular weight is 680 g/mol. The van der Waals surface area contributed by atoms with Gasteiger partial charge in [0.2, 0.25) is 0 Å². The molecule has 0 aliphatic carbocycles. The molecule has 3 fully saturated rings. The number of epoxide rings is 1. The van der Waals surface area contributed by atoms with Crippen LogP contribution in [-0.4, -0.2) is 124 Å². The molecule has 3 saturated heterocycles. The molecular formula is C34H49NO13. The predicted molar refractivity (Wildman–Crippen MR) is 170 cm³/mol. The van der Waals surface area contributed by atoms with E-state index < -0.39 is 97.3 Å². The van der Waals surface area contributed by atoms with Crippen molar-refractivity contribution < 1.29 is 63.5 Å². The molecule has 0 aromatic rings. The Bertz CT molecular complexity index is 1240. The van der Waals surface area contributed by atoms with Crippen molar-refractivity contribution in [3.63, 3.8) is 0 Å². The number of nitrogens with two attached hydrogens (primary N) is 1. The highest BCUT2D eigenvalue weighted by molar-refractivity contribution is 5.82. The van der Waals surface area contributed by atoms with Crippen molar-refractivity contribution in [3.05, 3.63) is 60.8 Å². The number of hydrogen-bond donors (Lipinski definition) is 6. The molecule has 0 aromatic heterocycles. The van der Waals surface area contributed by atoms with Gasteiger partial charge in [-0.2, -0.15) is 0 Å². The van der Waals surface area contributed by atoms with E-state index in [4.69, 9.17) is 34.2 Å². The lowest BCUT2D eigenvalue weighted by molar-refractivity contribution is -0.308. The highest BCUT2D eigenvalue weighted by Crippen LogP contribution is 2.39. The minimum absolute atomic E-state index is 0.105. The summed E-state index contributed by atoms with van der Waals surface area (Å²) in [5.74, 6) is -4.56. The lowest BCUT2D eigenvalue weighted by atomic mass is 9.83. The summed E-state index contributed by atoms with van der Waals surface area (Å²) in [6.07, 6.45) is 6.23. The zero-order valence-corrected chi connectivity index (χ0v) is 27.4. The first-order chi connectivity index (χ1) is 22.8. The van der Waals surface area contributed by atoms with Crippen LogP contribution >= 0.6 is 0 Å². The Balaban J connectivity index is 1.60. The molecule has 4 aliphatic heterocycles.